The molecular formula is C20H26N2O7. The van der Waals surface area contributed by atoms with Gasteiger partial charge in [0.05, 0.1) is 42.7 Å². The molecular weight excluding hydrogens is 380 g/mol. The van der Waals surface area contributed by atoms with Crippen molar-refractivity contribution in [3.05, 3.63) is 35.0 Å². The largest absolute Gasteiger partial charge is 0.490 e. The van der Waals surface area contributed by atoms with E-state index in [9.17, 15) is 14.4 Å². The van der Waals surface area contributed by atoms with Crippen LogP contribution in [-0.4, -0.2) is 50.4 Å². The Hall–Kier alpha value is -3.23. The number of benzene rings is 1. The Morgan fingerprint density at radius 2 is 1.66 bits per heavy atom. The van der Waals surface area contributed by atoms with Crippen molar-refractivity contribution in [3.8, 4) is 11.5 Å². The van der Waals surface area contributed by atoms with Crippen molar-refractivity contribution in [2.75, 3.05) is 26.4 Å². The Labute approximate surface area is 169 Å². The van der Waals surface area contributed by atoms with Crippen molar-refractivity contribution in [2.24, 2.45) is 0 Å². The van der Waals surface area contributed by atoms with E-state index in [1.165, 1.54) is 6.07 Å². The Balaban J connectivity index is 2.19. The van der Waals surface area contributed by atoms with E-state index in [0.29, 0.717) is 24.7 Å². The molecule has 29 heavy (non-hydrogen) atoms. The molecule has 0 aliphatic carbocycles. The average molecular weight is 406 g/mol. The Bertz CT molecular complexity index is 804. The maximum Gasteiger partial charge on any atom is 0.338 e. The van der Waals surface area contributed by atoms with Gasteiger partial charge in [0.15, 0.2) is 11.5 Å². The van der Waals surface area contributed by atoms with E-state index < -0.39 is 24.0 Å². The van der Waals surface area contributed by atoms with Gasteiger partial charge >= 0.3 is 18.0 Å². The van der Waals surface area contributed by atoms with Gasteiger partial charge < -0.3 is 29.6 Å². The van der Waals surface area contributed by atoms with Crippen molar-refractivity contribution in [2.45, 2.75) is 33.7 Å². The molecule has 1 atom stereocenters. The fraction of sp³-hybridized carbons (Fsp3) is 0.450. The molecule has 1 aromatic rings. The van der Waals surface area contributed by atoms with Gasteiger partial charge in [0.25, 0.3) is 0 Å². The molecule has 0 aromatic heterocycles. The predicted octanol–water partition coefficient (Wildman–Crippen LogP) is 2.16. The Kier molecular flexibility index (Phi) is 7.88. The minimum Gasteiger partial charge on any atom is -0.490 e. The van der Waals surface area contributed by atoms with Crippen LogP contribution in [0, 0.1) is 0 Å². The summed E-state index contributed by atoms with van der Waals surface area (Å²) in [5.74, 6) is -0.264. The number of amides is 2. The third-order valence-corrected chi connectivity index (χ3v) is 3.99. The van der Waals surface area contributed by atoms with E-state index in [-0.39, 0.29) is 30.0 Å². The number of hydrogen-bond donors (Lipinski definition) is 2. The predicted molar refractivity (Wildman–Crippen MR) is 104 cm³/mol. The topological polar surface area (TPSA) is 112 Å². The van der Waals surface area contributed by atoms with Gasteiger partial charge in [-0.25, -0.2) is 14.4 Å². The van der Waals surface area contributed by atoms with Crippen molar-refractivity contribution in [1.29, 1.82) is 0 Å². The Morgan fingerprint density at radius 3 is 2.31 bits per heavy atom. The van der Waals surface area contributed by atoms with Gasteiger partial charge in [0, 0.05) is 0 Å². The first-order valence-electron chi connectivity index (χ1n) is 9.45. The molecule has 0 unspecified atom stereocenters. The zero-order chi connectivity index (χ0) is 21.4. The number of carbonyl (C=O) groups excluding carboxylic acids is 3. The second-order valence-electron chi connectivity index (χ2n) is 6.04. The van der Waals surface area contributed by atoms with Crippen LogP contribution in [0.15, 0.2) is 29.5 Å². The van der Waals surface area contributed by atoms with Crippen LogP contribution in [0.25, 0.3) is 0 Å². The molecule has 0 bridgehead atoms. The maximum atomic E-state index is 12.5. The minimum absolute atomic E-state index is 0.183. The lowest BCUT2D eigenvalue weighted by Gasteiger charge is -2.26. The van der Waals surface area contributed by atoms with E-state index in [1.54, 1.807) is 26.0 Å². The lowest BCUT2D eigenvalue weighted by atomic mass is 10.0. The van der Waals surface area contributed by atoms with Crippen LogP contribution in [-0.2, 0) is 14.3 Å². The fourth-order valence-corrected chi connectivity index (χ4v) is 2.79. The molecule has 0 radical (unpaired) electrons. The number of rotatable bonds is 9. The van der Waals surface area contributed by atoms with Crippen molar-refractivity contribution >= 4 is 18.0 Å². The molecule has 0 saturated heterocycles. The maximum absolute atomic E-state index is 12.5. The van der Waals surface area contributed by atoms with E-state index in [2.05, 4.69) is 10.6 Å². The SMILES string of the molecule is CCOC(=O)C1=C(COC(=O)c2ccc(OCC)c(OCC)c2)NC(=O)N[C@H]1C. The molecule has 0 fully saturated rings. The van der Waals surface area contributed by atoms with Gasteiger partial charge in [-0.3, -0.25) is 0 Å². The summed E-state index contributed by atoms with van der Waals surface area (Å²) in [5.41, 5.74) is 0.647. The van der Waals surface area contributed by atoms with Crippen LogP contribution in [0.4, 0.5) is 4.79 Å². The van der Waals surface area contributed by atoms with E-state index in [0.717, 1.165) is 0 Å². The minimum atomic E-state index is -0.634. The first-order valence-corrected chi connectivity index (χ1v) is 9.45. The van der Waals surface area contributed by atoms with Crippen LogP contribution in [0.5, 0.6) is 11.5 Å². The van der Waals surface area contributed by atoms with E-state index in [4.69, 9.17) is 18.9 Å². The molecule has 2 amide bonds. The third kappa shape index (κ3) is 5.63. The van der Waals surface area contributed by atoms with E-state index in [1.807, 2.05) is 13.8 Å². The first kappa shape index (κ1) is 22.1. The number of nitrogens with one attached hydrogen (secondary N) is 2. The Morgan fingerprint density at radius 1 is 0.966 bits per heavy atom. The van der Waals surface area contributed by atoms with Gasteiger partial charge in [-0.15, -0.1) is 0 Å². The molecule has 9 heteroatoms. The summed E-state index contributed by atoms with van der Waals surface area (Å²) in [4.78, 5) is 36.5. The number of ether oxygens (including phenoxy) is 4. The fourth-order valence-electron chi connectivity index (χ4n) is 2.79. The molecule has 1 aliphatic heterocycles. The second-order valence-corrected chi connectivity index (χ2v) is 6.04. The third-order valence-electron chi connectivity index (χ3n) is 3.99. The summed E-state index contributed by atoms with van der Waals surface area (Å²) in [5, 5.41) is 5.09. The molecule has 0 saturated carbocycles. The van der Waals surface area contributed by atoms with Crippen LogP contribution in [0.2, 0.25) is 0 Å². The summed E-state index contributed by atoms with van der Waals surface area (Å²) in [6.45, 7) is 7.76. The van der Waals surface area contributed by atoms with Crippen molar-refractivity contribution < 1.29 is 33.3 Å². The number of carbonyl (C=O) groups is 3. The summed E-state index contributed by atoms with van der Waals surface area (Å²) >= 11 is 0. The molecule has 1 aliphatic rings. The summed E-state index contributed by atoms with van der Waals surface area (Å²) < 4.78 is 21.3. The highest BCUT2D eigenvalue weighted by atomic mass is 16.5. The zero-order valence-electron chi connectivity index (χ0n) is 17.0. The second kappa shape index (κ2) is 10.4. The van der Waals surface area contributed by atoms with E-state index >= 15 is 0 Å². The van der Waals surface area contributed by atoms with Crippen LogP contribution < -0.4 is 20.1 Å². The number of urea groups is 1. The van der Waals surface area contributed by atoms with Gasteiger partial charge in [-0.05, 0) is 45.9 Å². The summed E-state index contributed by atoms with van der Waals surface area (Å²) in [6.07, 6.45) is 0. The van der Waals surface area contributed by atoms with Gasteiger partial charge in [-0.2, -0.15) is 0 Å². The highest BCUT2D eigenvalue weighted by Gasteiger charge is 2.30. The van der Waals surface area contributed by atoms with Crippen LogP contribution in [0.3, 0.4) is 0 Å². The molecule has 9 nitrogen and oxygen atoms in total. The average Bonchev–Trinajstić information content (AvgIpc) is 2.67. The standard InChI is InChI=1S/C20H26N2O7/c1-5-26-15-9-8-13(10-16(15)27-6-2)18(23)29-11-14-17(19(24)28-7-3)12(4)21-20(25)22-14/h8-10,12H,5-7,11H2,1-4H3,(H2,21,22,25)/t12-/m0/s1. The van der Waals surface area contributed by atoms with Crippen LogP contribution in [0.1, 0.15) is 38.1 Å². The highest BCUT2D eigenvalue weighted by molar-refractivity contribution is 5.95. The monoisotopic (exact) mass is 406 g/mol. The quantitative estimate of drug-likeness (QED) is 0.604. The lowest BCUT2D eigenvalue weighted by Crippen LogP contribution is -2.50. The number of esters is 2. The van der Waals surface area contributed by atoms with Gasteiger partial charge in [0.1, 0.15) is 6.61 Å². The summed E-state index contributed by atoms with van der Waals surface area (Å²) in [7, 11) is 0. The van der Waals surface area contributed by atoms with Gasteiger partial charge in [0.2, 0.25) is 0 Å². The normalized spacial score (nSPS) is 15.9. The molecule has 2 rings (SSSR count). The molecule has 1 heterocycles. The molecule has 0 spiro atoms. The molecule has 158 valence electrons. The number of hydrogen-bond acceptors (Lipinski definition) is 7. The molecule has 1 aromatic carbocycles. The molecule has 2 N–H and O–H groups in total. The van der Waals surface area contributed by atoms with Crippen molar-refractivity contribution in [3.63, 3.8) is 0 Å². The van der Waals surface area contributed by atoms with Gasteiger partial charge in [-0.1, -0.05) is 0 Å². The zero-order valence-corrected chi connectivity index (χ0v) is 17.0. The highest BCUT2D eigenvalue weighted by Crippen LogP contribution is 2.29. The van der Waals surface area contributed by atoms with Crippen molar-refractivity contribution in [1.82, 2.24) is 10.6 Å². The first-order chi connectivity index (χ1) is 13.9. The van der Waals surface area contributed by atoms with Crippen LogP contribution >= 0.6 is 0 Å². The summed E-state index contributed by atoms with van der Waals surface area (Å²) in [6, 6.07) is 3.65. The lowest BCUT2D eigenvalue weighted by molar-refractivity contribution is -0.139. The smallest absolute Gasteiger partial charge is 0.338 e.